The van der Waals surface area contributed by atoms with Crippen molar-refractivity contribution >= 4 is 12.5 Å². The van der Waals surface area contributed by atoms with Crippen LogP contribution in [-0.4, -0.2) is 14.2 Å². The van der Waals surface area contributed by atoms with Crippen LogP contribution in [-0.2, 0) is 9.47 Å². The van der Waals surface area contributed by atoms with Crippen LogP contribution in [0.5, 0.6) is 0 Å². The number of rotatable bonds is 2. The van der Waals surface area contributed by atoms with Gasteiger partial charge in [0.1, 0.15) is 0 Å². The van der Waals surface area contributed by atoms with Gasteiger partial charge >= 0.3 is 0 Å². The monoisotopic (exact) mass is 164 g/mol. The zero-order valence-corrected chi connectivity index (χ0v) is 7.28. The standard InChI is InChI=1S/C10H12O2/c1-11-7-9-3-5-10(6-4-9)8-12-2/h3-8H,1-2H3. The van der Waals surface area contributed by atoms with Crippen LogP contribution in [0.4, 0.5) is 0 Å². The molecule has 0 bridgehead atoms. The highest BCUT2D eigenvalue weighted by Gasteiger charge is 1.79. The molecule has 0 spiro atoms. The van der Waals surface area contributed by atoms with Crippen LogP contribution in [0.2, 0.25) is 0 Å². The Morgan fingerprint density at radius 1 is 0.833 bits per heavy atom. The van der Waals surface area contributed by atoms with Crippen LogP contribution in [0.1, 0.15) is 0 Å². The van der Waals surface area contributed by atoms with E-state index in [2.05, 4.69) is 0 Å². The molecule has 1 aromatic carbocycles. The van der Waals surface area contributed by atoms with Crippen LogP contribution in [0, 0.1) is 0 Å². The Kier molecular flexibility index (Phi) is 3.20. The Hall–Kier alpha value is -1.44. The molecule has 0 fully saturated rings. The lowest BCUT2D eigenvalue weighted by Crippen LogP contribution is -2.07. The molecule has 0 saturated heterocycles. The van der Waals surface area contributed by atoms with E-state index < -0.39 is 0 Å². The highest BCUT2D eigenvalue weighted by Crippen LogP contribution is 1.73. The van der Waals surface area contributed by atoms with Gasteiger partial charge in [-0.05, 0) is 0 Å². The minimum Gasteiger partial charge on any atom is -0.504 e. The van der Waals surface area contributed by atoms with Crippen molar-refractivity contribution in [3.8, 4) is 0 Å². The van der Waals surface area contributed by atoms with E-state index in [9.17, 15) is 0 Å². The van der Waals surface area contributed by atoms with E-state index in [1.54, 1.807) is 26.7 Å². The second-order valence-electron chi connectivity index (χ2n) is 2.37. The molecule has 0 heterocycles. The minimum atomic E-state index is 1.05. The van der Waals surface area contributed by atoms with E-state index in [-0.39, 0.29) is 0 Å². The molecule has 0 aliphatic carbocycles. The van der Waals surface area contributed by atoms with E-state index in [1.165, 1.54) is 0 Å². The van der Waals surface area contributed by atoms with Crippen molar-refractivity contribution in [1.82, 2.24) is 0 Å². The fraction of sp³-hybridized carbons (Fsp3) is 0.200. The Labute approximate surface area is 71.7 Å². The topological polar surface area (TPSA) is 18.5 Å². The van der Waals surface area contributed by atoms with E-state index in [0.717, 1.165) is 10.4 Å². The van der Waals surface area contributed by atoms with Gasteiger partial charge in [0.05, 0.1) is 26.7 Å². The maximum Gasteiger partial charge on any atom is 0.0896 e. The first-order valence-electron chi connectivity index (χ1n) is 3.69. The van der Waals surface area contributed by atoms with Crippen molar-refractivity contribution < 1.29 is 9.47 Å². The summed E-state index contributed by atoms with van der Waals surface area (Å²) in [5.74, 6) is 0. The van der Waals surface area contributed by atoms with E-state index >= 15 is 0 Å². The largest absolute Gasteiger partial charge is 0.504 e. The van der Waals surface area contributed by atoms with Crippen molar-refractivity contribution in [2.45, 2.75) is 0 Å². The highest BCUT2D eigenvalue weighted by atomic mass is 16.5. The lowest BCUT2D eigenvalue weighted by molar-refractivity contribution is 0.390. The molecule has 1 aromatic rings. The summed E-state index contributed by atoms with van der Waals surface area (Å²) >= 11 is 0. The highest BCUT2D eigenvalue weighted by molar-refractivity contribution is 5.21. The van der Waals surface area contributed by atoms with Gasteiger partial charge in [0.25, 0.3) is 0 Å². The molecule has 0 radical (unpaired) electrons. The normalized spacial score (nSPS) is 8.83. The summed E-state index contributed by atoms with van der Waals surface area (Å²) < 4.78 is 9.72. The molecule has 0 aromatic heterocycles. The van der Waals surface area contributed by atoms with Crippen molar-refractivity contribution in [1.29, 1.82) is 0 Å². The van der Waals surface area contributed by atoms with Crippen molar-refractivity contribution in [3.05, 3.63) is 34.7 Å². The van der Waals surface area contributed by atoms with Crippen LogP contribution in [0.15, 0.2) is 24.3 Å². The third-order valence-electron chi connectivity index (χ3n) is 1.44. The summed E-state index contributed by atoms with van der Waals surface area (Å²) in [4.78, 5) is 0. The van der Waals surface area contributed by atoms with Gasteiger partial charge in [0.2, 0.25) is 0 Å². The number of hydrogen-bond acceptors (Lipinski definition) is 2. The first-order valence-corrected chi connectivity index (χ1v) is 3.69. The summed E-state index contributed by atoms with van der Waals surface area (Å²) in [5, 5.41) is 2.09. The maximum absolute atomic E-state index is 4.86. The Balaban J connectivity index is 3.01. The molecule has 0 aliphatic heterocycles. The van der Waals surface area contributed by atoms with Gasteiger partial charge in [0.15, 0.2) is 0 Å². The smallest absolute Gasteiger partial charge is 0.0896 e. The van der Waals surface area contributed by atoms with Gasteiger partial charge in [-0.3, -0.25) is 0 Å². The summed E-state index contributed by atoms with van der Waals surface area (Å²) in [6.45, 7) is 0. The first kappa shape index (κ1) is 8.65. The molecule has 0 atom stereocenters. The first-order chi connectivity index (χ1) is 5.86. The summed E-state index contributed by atoms with van der Waals surface area (Å²) in [6, 6.07) is 7.87. The number of benzene rings is 1. The van der Waals surface area contributed by atoms with Crippen LogP contribution < -0.4 is 10.4 Å². The molecule has 12 heavy (non-hydrogen) atoms. The fourth-order valence-corrected chi connectivity index (χ4v) is 0.925. The minimum absolute atomic E-state index is 1.05. The zero-order valence-electron chi connectivity index (χ0n) is 7.28. The summed E-state index contributed by atoms with van der Waals surface area (Å²) in [5.41, 5.74) is 0. The maximum atomic E-state index is 4.86. The number of methoxy groups -OCH3 is 2. The molecule has 64 valence electrons. The second kappa shape index (κ2) is 4.44. The van der Waals surface area contributed by atoms with Crippen LogP contribution in [0.25, 0.3) is 12.5 Å². The zero-order chi connectivity index (χ0) is 8.81. The molecule has 0 amide bonds. The average Bonchev–Trinajstić information content (AvgIpc) is 2.09. The molecule has 2 heteroatoms. The van der Waals surface area contributed by atoms with Crippen molar-refractivity contribution in [2.75, 3.05) is 14.2 Å². The fourth-order valence-electron chi connectivity index (χ4n) is 0.925. The molecule has 2 nitrogen and oxygen atoms in total. The Morgan fingerprint density at radius 3 is 1.42 bits per heavy atom. The molecule has 0 unspecified atom stereocenters. The van der Waals surface area contributed by atoms with Gasteiger partial charge in [-0.2, -0.15) is 0 Å². The van der Waals surface area contributed by atoms with Gasteiger partial charge in [-0.25, -0.2) is 0 Å². The SMILES string of the molecule is COC=c1ccc(=COC)cc1. The Morgan fingerprint density at radius 2 is 1.17 bits per heavy atom. The van der Waals surface area contributed by atoms with E-state index in [0.29, 0.717) is 0 Å². The predicted molar refractivity (Wildman–Crippen MR) is 48.6 cm³/mol. The van der Waals surface area contributed by atoms with E-state index in [1.807, 2.05) is 24.3 Å². The average molecular weight is 164 g/mol. The molecule has 1 rings (SSSR count). The third kappa shape index (κ3) is 2.31. The quantitative estimate of drug-likeness (QED) is 0.632. The lowest BCUT2D eigenvalue weighted by Gasteiger charge is -1.89. The lowest BCUT2D eigenvalue weighted by atomic mass is 10.3. The van der Waals surface area contributed by atoms with Gasteiger partial charge in [-0.1, -0.05) is 24.3 Å². The second-order valence-corrected chi connectivity index (χ2v) is 2.37. The van der Waals surface area contributed by atoms with Crippen molar-refractivity contribution in [2.24, 2.45) is 0 Å². The molecular formula is C10H12O2. The molecule has 0 N–H and O–H groups in total. The van der Waals surface area contributed by atoms with Gasteiger partial charge in [0, 0.05) is 10.4 Å². The predicted octanol–water partition coefficient (Wildman–Crippen LogP) is 0.455. The summed E-state index contributed by atoms with van der Waals surface area (Å²) in [6.07, 6.45) is 3.38. The van der Waals surface area contributed by atoms with Crippen LogP contribution >= 0.6 is 0 Å². The number of ether oxygens (including phenoxy) is 2. The third-order valence-corrected chi connectivity index (χ3v) is 1.44. The van der Waals surface area contributed by atoms with Gasteiger partial charge < -0.3 is 9.47 Å². The molecule has 0 saturated carbocycles. The summed E-state index contributed by atoms with van der Waals surface area (Å²) in [7, 11) is 3.27. The van der Waals surface area contributed by atoms with Gasteiger partial charge in [-0.15, -0.1) is 0 Å². The van der Waals surface area contributed by atoms with E-state index in [4.69, 9.17) is 9.47 Å². The molecular weight excluding hydrogens is 152 g/mol. The number of hydrogen-bond donors (Lipinski definition) is 0. The van der Waals surface area contributed by atoms with Crippen molar-refractivity contribution in [3.63, 3.8) is 0 Å². The van der Waals surface area contributed by atoms with Crippen LogP contribution in [0.3, 0.4) is 0 Å². The Bertz CT molecular complexity index is 283. The molecule has 0 aliphatic rings.